The van der Waals surface area contributed by atoms with E-state index in [1.807, 2.05) is 4.90 Å². The molecular weight excluding hydrogens is 226 g/mol. The molecular formula is C14H29N3O. The summed E-state index contributed by atoms with van der Waals surface area (Å²) < 4.78 is 0. The van der Waals surface area contributed by atoms with Crippen molar-refractivity contribution in [2.45, 2.75) is 52.0 Å². The van der Waals surface area contributed by atoms with Gasteiger partial charge in [0.1, 0.15) is 0 Å². The van der Waals surface area contributed by atoms with E-state index in [0.717, 1.165) is 45.4 Å². The SMILES string of the molecule is CC(C)N(C)CCCNC(=O)N1CCCCCC1. The topological polar surface area (TPSA) is 35.6 Å². The zero-order valence-corrected chi connectivity index (χ0v) is 12.2. The van der Waals surface area contributed by atoms with Crippen molar-refractivity contribution in [2.75, 3.05) is 33.2 Å². The molecule has 0 bridgehead atoms. The van der Waals surface area contributed by atoms with Crippen LogP contribution in [0.4, 0.5) is 4.79 Å². The number of rotatable bonds is 5. The standard InChI is InChI=1S/C14H29N3O/c1-13(2)16(3)10-8-9-15-14(18)17-11-6-4-5-7-12-17/h13H,4-12H2,1-3H3,(H,15,18). The Hall–Kier alpha value is -0.770. The van der Waals surface area contributed by atoms with Crippen LogP contribution in [0.5, 0.6) is 0 Å². The molecule has 4 nitrogen and oxygen atoms in total. The number of hydrogen-bond acceptors (Lipinski definition) is 2. The van der Waals surface area contributed by atoms with E-state index in [0.29, 0.717) is 6.04 Å². The number of likely N-dealkylation sites (tertiary alicyclic amines) is 1. The number of carbonyl (C=O) groups excluding carboxylic acids is 1. The van der Waals surface area contributed by atoms with E-state index in [-0.39, 0.29) is 6.03 Å². The minimum absolute atomic E-state index is 0.129. The molecule has 1 saturated heterocycles. The van der Waals surface area contributed by atoms with Crippen LogP contribution in [0, 0.1) is 0 Å². The number of nitrogens with zero attached hydrogens (tertiary/aromatic N) is 2. The van der Waals surface area contributed by atoms with E-state index in [1.54, 1.807) is 0 Å². The molecule has 1 fully saturated rings. The van der Waals surface area contributed by atoms with Crippen LogP contribution in [-0.4, -0.2) is 55.1 Å². The van der Waals surface area contributed by atoms with Gasteiger partial charge in [0.15, 0.2) is 0 Å². The van der Waals surface area contributed by atoms with Gasteiger partial charge in [-0.15, -0.1) is 0 Å². The molecule has 0 aliphatic carbocycles. The van der Waals surface area contributed by atoms with E-state index in [1.165, 1.54) is 12.8 Å². The van der Waals surface area contributed by atoms with Crippen molar-refractivity contribution >= 4 is 6.03 Å². The van der Waals surface area contributed by atoms with Gasteiger partial charge in [-0.1, -0.05) is 12.8 Å². The highest BCUT2D eigenvalue weighted by atomic mass is 16.2. The highest BCUT2D eigenvalue weighted by Gasteiger charge is 2.14. The molecule has 0 aromatic carbocycles. The quantitative estimate of drug-likeness (QED) is 0.765. The van der Waals surface area contributed by atoms with Crippen molar-refractivity contribution in [1.82, 2.24) is 15.1 Å². The number of urea groups is 1. The van der Waals surface area contributed by atoms with Crippen LogP contribution in [-0.2, 0) is 0 Å². The van der Waals surface area contributed by atoms with Gasteiger partial charge in [0, 0.05) is 25.7 Å². The summed E-state index contributed by atoms with van der Waals surface area (Å²) in [4.78, 5) is 16.2. The molecule has 0 aromatic rings. The van der Waals surface area contributed by atoms with Crippen molar-refractivity contribution in [3.8, 4) is 0 Å². The molecule has 2 amide bonds. The fraction of sp³-hybridized carbons (Fsp3) is 0.929. The molecule has 0 spiro atoms. The van der Waals surface area contributed by atoms with Gasteiger partial charge in [-0.25, -0.2) is 4.79 Å². The minimum atomic E-state index is 0.129. The van der Waals surface area contributed by atoms with Crippen LogP contribution >= 0.6 is 0 Å². The molecule has 1 rings (SSSR count). The Balaban J connectivity index is 2.12. The molecule has 1 aliphatic heterocycles. The molecule has 1 N–H and O–H groups in total. The first-order valence-electron chi connectivity index (χ1n) is 7.34. The van der Waals surface area contributed by atoms with Crippen LogP contribution in [0.15, 0.2) is 0 Å². The van der Waals surface area contributed by atoms with Gasteiger partial charge in [-0.3, -0.25) is 0 Å². The third kappa shape index (κ3) is 5.71. The third-order valence-corrected chi connectivity index (χ3v) is 3.74. The summed E-state index contributed by atoms with van der Waals surface area (Å²) in [5, 5.41) is 3.03. The summed E-state index contributed by atoms with van der Waals surface area (Å²) in [6.07, 6.45) is 5.87. The highest BCUT2D eigenvalue weighted by molar-refractivity contribution is 5.74. The molecule has 106 valence electrons. The zero-order chi connectivity index (χ0) is 13.4. The average molecular weight is 255 g/mol. The van der Waals surface area contributed by atoms with Gasteiger partial charge in [0.2, 0.25) is 0 Å². The smallest absolute Gasteiger partial charge is 0.317 e. The van der Waals surface area contributed by atoms with Gasteiger partial charge in [-0.05, 0) is 46.7 Å². The van der Waals surface area contributed by atoms with Crippen LogP contribution in [0.2, 0.25) is 0 Å². The second-order valence-corrected chi connectivity index (χ2v) is 5.56. The summed E-state index contributed by atoms with van der Waals surface area (Å²) in [5.41, 5.74) is 0. The first-order chi connectivity index (χ1) is 8.61. The predicted molar refractivity (Wildman–Crippen MR) is 75.8 cm³/mol. The first-order valence-corrected chi connectivity index (χ1v) is 7.34. The number of nitrogens with one attached hydrogen (secondary N) is 1. The summed E-state index contributed by atoms with van der Waals surface area (Å²) in [7, 11) is 2.13. The van der Waals surface area contributed by atoms with Crippen molar-refractivity contribution in [1.29, 1.82) is 0 Å². The van der Waals surface area contributed by atoms with Crippen molar-refractivity contribution in [2.24, 2.45) is 0 Å². The predicted octanol–water partition coefficient (Wildman–Crippen LogP) is 2.30. The van der Waals surface area contributed by atoms with Gasteiger partial charge in [0.05, 0.1) is 0 Å². The summed E-state index contributed by atoms with van der Waals surface area (Å²) in [5.74, 6) is 0. The highest BCUT2D eigenvalue weighted by Crippen LogP contribution is 2.09. The van der Waals surface area contributed by atoms with E-state index in [9.17, 15) is 4.79 Å². The molecule has 0 radical (unpaired) electrons. The Morgan fingerprint density at radius 2 is 1.83 bits per heavy atom. The van der Waals surface area contributed by atoms with Gasteiger partial charge < -0.3 is 15.1 Å². The molecule has 0 unspecified atom stereocenters. The van der Waals surface area contributed by atoms with E-state index in [2.05, 4.69) is 31.1 Å². The molecule has 0 atom stereocenters. The maximum atomic E-state index is 11.9. The van der Waals surface area contributed by atoms with E-state index in [4.69, 9.17) is 0 Å². The molecule has 1 heterocycles. The normalized spacial score (nSPS) is 17.1. The van der Waals surface area contributed by atoms with Gasteiger partial charge in [0.25, 0.3) is 0 Å². The van der Waals surface area contributed by atoms with Crippen molar-refractivity contribution < 1.29 is 4.79 Å². The Bertz CT molecular complexity index is 235. The molecule has 0 saturated carbocycles. The first kappa shape index (κ1) is 15.3. The second-order valence-electron chi connectivity index (χ2n) is 5.56. The summed E-state index contributed by atoms with van der Waals surface area (Å²) >= 11 is 0. The second kappa shape index (κ2) is 8.35. The van der Waals surface area contributed by atoms with Gasteiger partial charge in [-0.2, -0.15) is 0 Å². The molecule has 18 heavy (non-hydrogen) atoms. The lowest BCUT2D eigenvalue weighted by molar-refractivity contribution is 0.198. The maximum Gasteiger partial charge on any atom is 0.317 e. The van der Waals surface area contributed by atoms with Crippen molar-refractivity contribution in [3.63, 3.8) is 0 Å². The number of carbonyl (C=O) groups is 1. The Labute approximate surface area is 112 Å². The van der Waals surface area contributed by atoms with Crippen LogP contribution in [0.3, 0.4) is 0 Å². The van der Waals surface area contributed by atoms with E-state index < -0.39 is 0 Å². The Kier molecular flexibility index (Phi) is 7.09. The van der Waals surface area contributed by atoms with Gasteiger partial charge >= 0.3 is 6.03 Å². The summed E-state index contributed by atoms with van der Waals surface area (Å²) in [6, 6.07) is 0.704. The van der Waals surface area contributed by atoms with Crippen LogP contribution < -0.4 is 5.32 Å². The minimum Gasteiger partial charge on any atom is -0.338 e. The Morgan fingerprint density at radius 1 is 1.22 bits per heavy atom. The maximum absolute atomic E-state index is 11.9. The zero-order valence-electron chi connectivity index (χ0n) is 12.2. The van der Waals surface area contributed by atoms with E-state index >= 15 is 0 Å². The lowest BCUT2D eigenvalue weighted by Gasteiger charge is -2.23. The average Bonchev–Trinajstić information content (AvgIpc) is 2.62. The lowest BCUT2D eigenvalue weighted by atomic mass is 10.2. The summed E-state index contributed by atoms with van der Waals surface area (Å²) in [6.45, 7) is 8.06. The fourth-order valence-electron chi connectivity index (χ4n) is 2.17. The van der Waals surface area contributed by atoms with Crippen LogP contribution in [0.25, 0.3) is 0 Å². The Morgan fingerprint density at radius 3 is 2.39 bits per heavy atom. The largest absolute Gasteiger partial charge is 0.338 e. The van der Waals surface area contributed by atoms with Crippen LogP contribution in [0.1, 0.15) is 46.0 Å². The monoisotopic (exact) mass is 255 g/mol. The van der Waals surface area contributed by atoms with Crippen molar-refractivity contribution in [3.05, 3.63) is 0 Å². The molecule has 4 heteroatoms. The molecule has 1 aliphatic rings. The number of amides is 2. The fourth-order valence-corrected chi connectivity index (χ4v) is 2.17. The lowest BCUT2D eigenvalue weighted by Crippen LogP contribution is -2.41. The number of hydrogen-bond donors (Lipinski definition) is 1. The third-order valence-electron chi connectivity index (χ3n) is 3.74. The molecule has 0 aromatic heterocycles.